The number of rotatable bonds is 7. The second-order valence-electron chi connectivity index (χ2n) is 7.40. The third-order valence-corrected chi connectivity index (χ3v) is 6.38. The fourth-order valence-electron chi connectivity index (χ4n) is 3.67. The highest BCUT2D eigenvalue weighted by atomic mass is 32.1. The molecule has 0 radical (unpaired) electrons. The van der Waals surface area contributed by atoms with Crippen LogP contribution in [0, 0.1) is 11.7 Å². The number of nitrogens with zero attached hydrogens (tertiary/aromatic N) is 3. The van der Waals surface area contributed by atoms with Crippen LogP contribution in [0.3, 0.4) is 0 Å². The number of carbonyl (C=O) groups excluding carboxylic acids is 1. The summed E-state index contributed by atoms with van der Waals surface area (Å²) in [5.74, 6) is -0.105. The molecule has 0 aliphatic carbocycles. The zero-order valence-corrected chi connectivity index (χ0v) is 17.8. The van der Waals surface area contributed by atoms with Gasteiger partial charge in [0.15, 0.2) is 5.13 Å². The molecule has 1 aliphatic rings. The number of benzene rings is 1. The molecule has 2 aromatic heterocycles. The number of methoxy groups -OCH3 is 1. The molecule has 0 atom stereocenters. The lowest BCUT2D eigenvalue weighted by Crippen LogP contribution is -2.40. The van der Waals surface area contributed by atoms with Crippen molar-refractivity contribution >= 4 is 32.7 Å². The molecule has 8 heteroatoms. The standard InChI is InChI=1S/C22H25FN4O2S/c1-29-14-4-11-24-20(28)15-9-12-27(13-10-15)22-26-19-8-7-18(25-21(19)30-22)16-5-2-3-6-17(16)23/h2-3,5-8,15H,4,9-14H2,1H3,(H,24,28). The van der Waals surface area contributed by atoms with Crippen molar-refractivity contribution in [2.24, 2.45) is 5.92 Å². The average Bonchev–Trinajstić information content (AvgIpc) is 3.20. The Balaban J connectivity index is 1.40. The van der Waals surface area contributed by atoms with E-state index < -0.39 is 0 Å². The number of hydrogen-bond donors (Lipinski definition) is 1. The quantitative estimate of drug-likeness (QED) is 0.579. The summed E-state index contributed by atoms with van der Waals surface area (Å²) >= 11 is 1.51. The number of anilines is 1. The van der Waals surface area contributed by atoms with E-state index in [0.717, 1.165) is 47.8 Å². The highest BCUT2D eigenvalue weighted by molar-refractivity contribution is 7.21. The third-order valence-electron chi connectivity index (χ3n) is 5.35. The predicted octanol–water partition coefficient (Wildman–Crippen LogP) is 3.87. The second kappa shape index (κ2) is 9.49. The van der Waals surface area contributed by atoms with Crippen LogP contribution in [-0.2, 0) is 9.53 Å². The highest BCUT2D eigenvalue weighted by Gasteiger charge is 2.26. The number of piperidine rings is 1. The Labute approximate surface area is 179 Å². The maximum Gasteiger partial charge on any atom is 0.223 e. The first-order valence-electron chi connectivity index (χ1n) is 10.2. The van der Waals surface area contributed by atoms with Crippen LogP contribution < -0.4 is 10.2 Å². The van der Waals surface area contributed by atoms with E-state index in [1.807, 2.05) is 12.1 Å². The SMILES string of the molecule is COCCCNC(=O)C1CCN(c2nc3ccc(-c4ccccc4F)nc3s2)CC1. The number of halogens is 1. The number of pyridine rings is 1. The van der Waals surface area contributed by atoms with Crippen molar-refractivity contribution in [1.82, 2.24) is 15.3 Å². The van der Waals surface area contributed by atoms with Crippen LogP contribution in [0.4, 0.5) is 9.52 Å². The lowest BCUT2D eigenvalue weighted by molar-refractivity contribution is -0.125. The number of amides is 1. The summed E-state index contributed by atoms with van der Waals surface area (Å²) in [4.78, 5) is 24.7. The minimum absolute atomic E-state index is 0.0453. The second-order valence-corrected chi connectivity index (χ2v) is 8.35. The molecule has 1 aromatic carbocycles. The topological polar surface area (TPSA) is 67.3 Å². The van der Waals surface area contributed by atoms with Crippen molar-refractivity contribution < 1.29 is 13.9 Å². The number of hydrogen-bond acceptors (Lipinski definition) is 6. The van der Waals surface area contributed by atoms with Crippen molar-refractivity contribution in [3.8, 4) is 11.3 Å². The molecule has 1 N–H and O–H groups in total. The zero-order chi connectivity index (χ0) is 20.9. The molecule has 3 heterocycles. The summed E-state index contributed by atoms with van der Waals surface area (Å²) in [6.45, 7) is 2.88. The van der Waals surface area contributed by atoms with Crippen molar-refractivity contribution in [3.63, 3.8) is 0 Å². The molecule has 6 nitrogen and oxygen atoms in total. The van der Waals surface area contributed by atoms with Crippen molar-refractivity contribution in [3.05, 3.63) is 42.2 Å². The van der Waals surface area contributed by atoms with Crippen LogP contribution in [0.15, 0.2) is 36.4 Å². The van der Waals surface area contributed by atoms with Crippen molar-refractivity contribution in [2.75, 3.05) is 38.3 Å². The Bertz CT molecular complexity index is 1020. The highest BCUT2D eigenvalue weighted by Crippen LogP contribution is 2.32. The van der Waals surface area contributed by atoms with Gasteiger partial charge in [-0.1, -0.05) is 23.5 Å². The summed E-state index contributed by atoms with van der Waals surface area (Å²) < 4.78 is 19.1. The summed E-state index contributed by atoms with van der Waals surface area (Å²) in [6.07, 6.45) is 2.44. The number of aromatic nitrogens is 2. The van der Waals surface area contributed by atoms with Gasteiger partial charge in [-0.25, -0.2) is 14.4 Å². The van der Waals surface area contributed by atoms with Crippen LogP contribution in [-0.4, -0.2) is 49.2 Å². The number of fused-ring (bicyclic) bond motifs is 1. The smallest absolute Gasteiger partial charge is 0.223 e. The first-order valence-corrected chi connectivity index (χ1v) is 11.0. The van der Waals surface area contributed by atoms with Crippen LogP contribution >= 0.6 is 11.3 Å². The molecule has 4 rings (SSSR count). The molecule has 158 valence electrons. The monoisotopic (exact) mass is 428 g/mol. The first-order chi connectivity index (χ1) is 14.7. The van der Waals surface area contributed by atoms with Gasteiger partial charge in [-0.05, 0) is 43.5 Å². The predicted molar refractivity (Wildman–Crippen MR) is 117 cm³/mol. The molecule has 0 bridgehead atoms. The van der Waals surface area contributed by atoms with Crippen molar-refractivity contribution in [2.45, 2.75) is 19.3 Å². The van der Waals surface area contributed by atoms with E-state index in [9.17, 15) is 9.18 Å². The van der Waals surface area contributed by atoms with Crippen LogP contribution in [0.5, 0.6) is 0 Å². The number of ether oxygens (including phenoxy) is 1. The van der Waals surface area contributed by atoms with Gasteiger partial charge in [0.05, 0.1) is 5.69 Å². The van der Waals surface area contributed by atoms with E-state index in [4.69, 9.17) is 9.72 Å². The Morgan fingerprint density at radius 3 is 2.80 bits per heavy atom. The van der Waals surface area contributed by atoms with E-state index in [1.165, 1.54) is 17.4 Å². The van der Waals surface area contributed by atoms with Gasteiger partial charge < -0.3 is 15.0 Å². The Kier molecular flexibility index (Phi) is 6.54. The molecule has 1 aliphatic heterocycles. The third kappa shape index (κ3) is 4.60. The summed E-state index contributed by atoms with van der Waals surface area (Å²) in [5.41, 5.74) is 1.92. The lowest BCUT2D eigenvalue weighted by Gasteiger charge is -2.30. The average molecular weight is 429 g/mol. The molecular formula is C22H25FN4O2S. The minimum Gasteiger partial charge on any atom is -0.385 e. The molecule has 0 unspecified atom stereocenters. The minimum atomic E-state index is -0.281. The molecular weight excluding hydrogens is 403 g/mol. The normalized spacial score (nSPS) is 14.9. The number of thiazole rings is 1. The zero-order valence-electron chi connectivity index (χ0n) is 16.9. The van der Waals surface area contributed by atoms with Gasteiger partial charge in [-0.2, -0.15) is 0 Å². The Morgan fingerprint density at radius 1 is 1.23 bits per heavy atom. The maximum atomic E-state index is 14.1. The van der Waals surface area contributed by atoms with E-state index in [1.54, 1.807) is 25.3 Å². The van der Waals surface area contributed by atoms with Crippen LogP contribution in [0.2, 0.25) is 0 Å². The molecule has 3 aromatic rings. The van der Waals surface area contributed by atoms with Gasteiger partial charge in [0, 0.05) is 44.8 Å². The van der Waals surface area contributed by atoms with Gasteiger partial charge in [-0.15, -0.1) is 0 Å². The van der Waals surface area contributed by atoms with Gasteiger partial charge in [-0.3, -0.25) is 4.79 Å². The molecule has 1 saturated heterocycles. The number of carbonyl (C=O) groups is 1. The molecule has 1 amide bonds. The fourth-order valence-corrected chi connectivity index (χ4v) is 4.66. The fraction of sp³-hybridized carbons (Fsp3) is 0.409. The van der Waals surface area contributed by atoms with Gasteiger partial charge in [0.25, 0.3) is 0 Å². The molecule has 0 saturated carbocycles. The maximum absolute atomic E-state index is 14.1. The van der Waals surface area contributed by atoms with E-state index in [2.05, 4.69) is 15.2 Å². The molecule has 0 spiro atoms. The van der Waals surface area contributed by atoms with Gasteiger partial charge in [0.1, 0.15) is 16.2 Å². The summed E-state index contributed by atoms with van der Waals surface area (Å²) in [7, 11) is 1.66. The Hall–Kier alpha value is -2.58. The number of nitrogens with one attached hydrogen (secondary N) is 1. The lowest BCUT2D eigenvalue weighted by atomic mass is 9.96. The van der Waals surface area contributed by atoms with Gasteiger partial charge in [0.2, 0.25) is 5.91 Å². The van der Waals surface area contributed by atoms with Gasteiger partial charge >= 0.3 is 0 Å². The van der Waals surface area contributed by atoms with Crippen LogP contribution in [0.25, 0.3) is 21.6 Å². The van der Waals surface area contributed by atoms with E-state index in [-0.39, 0.29) is 17.6 Å². The van der Waals surface area contributed by atoms with Crippen LogP contribution in [0.1, 0.15) is 19.3 Å². The largest absolute Gasteiger partial charge is 0.385 e. The summed E-state index contributed by atoms with van der Waals surface area (Å²) in [6, 6.07) is 10.4. The molecule has 1 fully saturated rings. The first kappa shape index (κ1) is 20.7. The Morgan fingerprint density at radius 2 is 2.03 bits per heavy atom. The van der Waals surface area contributed by atoms with E-state index in [0.29, 0.717) is 24.4 Å². The molecule has 30 heavy (non-hydrogen) atoms. The summed E-state index contributed by atoms with van der Waals surface area (Å²) in [5, 5.41) is 3.90. The van der Waals surface area contributed by atoms with Crippen molar-refractivity contribution in [1.29, 1.82) is 0 Å². The van der Waals surface area contributed by atoms with E-state index >= 15 is 0 Å².